The molecular formula is C12H23NO. The van der Waals surface area contributed by atoms with Crippen LogP contribution in [0.1, 0.15) is 45.4 Å². The van der Waals surface area contributed by atoms with Gasteiger partial charge >= 0.3 is 0 Å². The molecule has 0 atom stereocenters. The zero-order chi connectivity index (χ0) is 10.8. The predicted octanol–water partition coefficient (Wildman–Crippen LogP) is 2.99. The minimum atomic E-state index is 0.211. The molecule has 14 heavy (non-hydrogen) atoms. The van der Waals surface area contributed by atoms with Crippen molar-refractivity contribution in [1.82, 2.24) is 4.90 Å². The minimum absolute atomic E-state index is 0.211. The summed E-state index contributed by atoms with van der Waals surface area (Å²) >= 11 is 0. The van der Waals surface area contributed by atoms with Gasteiger partial charge in [-0.3, -0.25) is 4.79 Å². The number of amides is 1. The molecule has 0 fully saturated rings. The van der Waals surface area contributed by atoms with Gasteiger partial charge in [-0.1, -0.05) is 31.9 Å². The second-order valence-electron chi connectivity index (χ2n) is 3.79. The summed E-state index contributed by atoms with van der Waals surface area (Å²) in [5.41, 5.74) is 0. The first kappa shape index (κ1) is 13.2. The number of allylic oxidation sites excluding steroid dienone is 2. The lowest BCUT2D eigenvalue weighted by molar-refractivity contribution is -0.128. The van der Waals surface area contributed by atoms with Crippen LogP contribution in [0, 0.1) is 0 Å². The molecule has 0 unspecified atom stereocenters. The lowest BCUT2D eigenvalue weighted by atomic mass is 10.2. The molecule has 82 valence electrons. The quantitative estimate of drug-likeness (QED) is 0.454. The van der Waals surface area contributed by atoms with E-state index in [-0.39, 0.29) is 5.91 Å². The van der Waals surface area contributed by atoms with Crippen LogP contribution in [0.4, 0.5) is 0 Å². The first-order chi connectivity index (χ1) is 6.68. The van der Waals surface area contributed by atoms with Crippen molar-refractivity contribution in [1.29, 1.82) is 0 Å². The average molecular weight is 197 g/mol. The minimum Gasteiger partial charge on any atom is -0.349 e. The Balaban J connectivity index is 3.31. The first-order valence-electron chi connectivity index (χ1n) is 5.53. The van der Waals surface area contributed by atoms with Crippen molar-refractivity contribution >= 4 is 5.91 Å². The molecule has 2 heteroatoms. The Labute approximate surface area is 88.0 Å². The maximum absolute atomic E-state index is 11.2. The number of hydrogen-bond acceptors (Lipinski definition) is 1. The summed E-state index contributed by atoms with van der Waals surface area (Å²) in [5.74, 6) is 0.211. The average Bonchev–Trinajstić information content (AvgIpc) is 2.16. The van der Waals surface area contributed by atoms with Crippen LogP contribution >= 0.6 is 0 Å². The molecule has 1 amide bonds. The van der Waals surface area contributed by atoms with Gasteiger partial charge in [-0.25, -0.2) is 0 Å². The van der Waals surface area contributed by atoms with Crippen molar-refractivity contribution in [2.75, 3.05) is 14.1 Å². The molecule has 0 aliphatic carbocycles. The summed E-state index contributed by atoms with van der Waals surface area (Å²) in [6.45, 7) is 2.21. The lowest BCUT2D eigenvalue weighted by Gasteiger charge is -2.07. The predicted molar refractivity (Wildman–Crippen MR) is 61.2 cm³/mol. The summed E-state index contributed by atoms with van der Waals surface area (Å²) in [4.78, 5) is 12.8. The molecule has 0 rings (SSSR count). The highest BCUT2D eigenvalue weighted by atomic mass is 16.2. The Kier molecular flexibility index (Phi) is 8.30. The molecular weight excluding hydrogens is 174 g/mol. The molecule has 0 saturated carbocycles. The second kappa shape index (κ2) is 8.79. The van der Waals surface area contributed by atoms with Gasteiger partial charge < -0.3 is 4.90 Å². The highest BCUT2D eigenvalue weighted by molar-refractivity contribution is 5.75. The Bertz CT molecular complexity index is 173. The standard InChI is InChI=1S/C12H23NO/c1-4-5-6-7-8-9-10-11-12(14)13(2)3/h8-9H,4-7,10-11H2,1-3H3/b9-8+. The molecule has 0 radical (unpaired) electrons. The zero-order valence-electron chi connectivity index (χ0n) is 9.75. The molecule has 0 aliphatic heterocycles. The third kappa shape index (κ3) is 7.84. The molecule has 0 saturated heterocycles. The molecule has 0 aromatic carbocycles. The summed E-state index contributed by atoms with van der Waals surface area (Å²) in [7, 11) is 3.60. The first-order valence-corrected chi connectivity index (χ1v) is 5.53. The summed E-state index contributed by atoms with van der Waals surface area (Å²) in [6, 6.07) is 0. The number of hydrogen-bond donors (Lipinski definition) is 0. The highest BCUT2D eigenvalue weighted by Gasteiger charge is 2.00. The van der Waals surface area contributed by atoms with E-state index in [9.17, 15) is 4.79 Å². The van der Waals surface area contributed by atoms with Crippen LogP contribution in [-0.4, -0.2) is 24.9 Å². The van der Waals surface area contributed by atoms with Crippen LogP contribution in [0.5, 0.6) is 0 Å². The Morgan fingerprint density at radius 3 is 2.36 bits per heavy atom. The summed E-state index contributed by atoms with van der Waals surface area (Å²) in [5, 5.41) is 0. The van der Waals surface area contributed by atoms with Gasteiger partial charge in [-0.05, 0) is 19.3 Å². The number of rotatable bonds is 7. The largest absolute Gasteiger partial charge is 0.349 e. The van der Waals surface area contributed by atoms with Gasteiger partial charge in [-0.2, -0.15) is 0 Å². The van der Waals surface area contributed by atoms with Crippen LogP contribution < -0.4 is 0 Å². The number of carbonyl (C=O) groups excluding carboxylic acids is 1. The summed E-state index contributed by atoms with van der Waals surface area (Å²) in [6.07, 6.45) is 10.8. The monoisotopic (exact) mass is 197 g/mol. The van der Waals surface area contributed by atoms with E-state index in [0.29, 0.717) is 6.42 Å². The molecule has 0 bridgehead atoms. The molecule has 0 aromatic heterocycles. The number of nitrogens with zero attached hydrogens (tertiary/aromatic N) is 1. The SMILES string of the molecule is CCCCC/C=C/CCC(=O)N(C)C. The van der Waals surface area contributed by atoms with E-state index in [1.165, 1.54) is 19.3 Å². The molecule has 0 aliphatic rings. The van der Waals surface area contributed by atoms with Gasteiger partial charge in [0.15, 0.2) is 0 Å². The van der Waals surface area contributed by atoms with E-state index >= 15 is 0 Å². The highest BCUT2D eigenvalue weighted by Crippen LogP contribution is 2.01. The summed E-state index contributed by atoms with van der Waals surface area (Å²) < 4.78 is 0. The van der Waals surface area contributed by atoms with Crippen molar-refractivity contribution in [2.45, 2.75) is 45.4 Å². The Hall–Kier alpha value is -0.790. The topological polar surface area (TPSA) is 20.3 Å². The van der Waals surface area contributed by atoms with Crippen molar-refractivity contribution in [3.05, 3.63) is 12.2 Å². The fourth-order valence-corrected chi connectivity index (χ4v) is 1.18. The van der Waals surface area contributed by atoms with Gasteiger partial charge in [0.2, 0.25) is 5.91 Å². The zero-order valence-corrected chi connectivity index (χ0v) is 9.75. The fraction of sp³-hybridized carbons (Fsp3) is 0.750. The van der Waals surface area contributed by atoms with Gasteiger partial charge in [0, 0.05) is 20.5 Å². The van der Waals surface area contributed by atoms with Crippen LogP contribution in [-0.2, 0) is 4.79 Å². The maximum Gasteiger partial charge on any atom is 0.222 e. The van der Waals surface area contributed by atoms with E-state index in [2.05, 4.69) is 19.1 Å². The van der Waals surface area contributed by atoms with Crippen molar-refractivity contribution in [3.8, 4) is 0 Å². The number of carbonyl (C=O) groups is 1. The van der Waals surface area contributed by atoms with Crippen LogP contribution in [0.25, 0.3) is 0 Å². The Morgan fingerprint density at radius 2 is 1.79 bits per heavy atom. The van der Waals surface area contributed by atoms with Gasteiger partial charge in [0.1, 0.15) is 0 Å². The Morgan fingerprint density at radius 1 is 1.14 bits per heavy atom. The van der Waals surface area contributed by atoms with Crippen molar-refractivity contribution < 1.29 is 4.79 Å². The molecule has 0 heterocycles. The molecule has 0 N–H and O–H groups in total. The van der Waals surface area contributed by atoms with Crippen LogP contribution in [0.3, 0.4) is 0 Å². The third-order valence-corrected chi connectivity index (χ3v) is 2.16. The lowest BCUT2D eigenvalue weighted by Crippen LogP contribution is -2.20. The van der Waals surface area contributed by atoms with E-state index < -0.39 is 0 Å². The van der Waals surface area contributed by atoms with Gasteiger partial charge in [0.05, 0.1) is 0 Å². The van der Waals surface area contributed by atoms with Crippen LogP contribution in [0.2, 0.25) is 0 Å². The van der Waals surface area contributed by atoms with Crippen molar-refractivity contribution in [3.63, 3.8) is 0 Å². The number of unbranched alkanes of at least 4 members (excludes halogenated alkanes) is 3. The fourth-order valence-electron chi connectivity index (χ4n) is 1.18. The third-order valence-electron chi connectivity index (χ3n) is 2.16. The van der Waals surface area contributed by atoms with E-state index in [1.807, 2.05) is 0 Å². The molecule has 0 spiro atoms. The molecule has 2 nitrogen and oxygen atoms in total. The molecule has 0 aromatic rings. The van der Waals surface area contributed by atoms with E-state index in [1.54, 1.807) is 19.0 Å². The van der Waals surface area contributed by atoms with E-state index in [0.717, 1.165) is 12.8 Å². The van der Waals surface area contributed by atoms with Crippen LogP contribution in [0.15, 0.2) is 12.2 Å². The van der Waals surface area contributed by atoms with E-state index in [4.69, 9.17) is 0 Å². The van der Waals surface area contributed by atoms with Gasteiger partial charge in [-0.15, -0.1) is 0 Å². The maximum atomic E-state index is 11.2. The normalized spacial score (nSPS) is 10.8. The van der Waals surface area contributed by atoms with Gasteiger partial charge in [0.25, 0.3) is 0 Å². The van der Waals surface area contributed by atoms with Crippen molar-refractivity contribution in [2.24, 2.45) is 0 Å². The smallest absolute Gasteiger partial charge is 0.222 e. The second-order valence-corrected chi connectivity index (χ2v) is 3.79.